The molecule has 0 aliphatic heterocycles. The van der Waals surface area contributed by atoms with Crippen LogP contribution in [0.25, 0.3) is 0 Å². The summed E-state index contributed by atoms with van der Waals surface area (Å²) in [5.41, 5.74) is 6.97. The van der Waals surface area contributed by atoms with Crippen molar-refractivity contribution in [2.75, 3.05) is 6.54 Å². The molecule has 1 aromatic rings. The quantitative estimate of drug-likeness (QED) is 0.751. The van der Waals surface area contributed by atoms with Crippen LogP contribution >= 0.6 is 12.4 Å². The van der Waals surface area contributed by atoms with Crippen LogP contribution in [0.2, 0.25) is 0 Å². The molecule has 3 N–H and O–H groups in total. The lowest BCUT2D eigenvalue weighted by atomic mass is 10.1. The molecule has 0 spiro atoms. The maximum absolute atomic E-state index is 11.4. The second-order valence-corrected chi connectivity index (χ2v) is 2.79. The molecule has 1 rings (SSSR count). The van der Waals surface area contributed by atoms with E-state index in [4.69, 9.17) is 12.2 Å². The Morgan fingerprint density at radius 3 is 2.87 bits per heavy atom. The van der Waals surface area contributed by atoms with Gasteiger partial charge in [-0.1, -0.05) is 18.1 Å². The van der Waals surface area contributed by atoms with Gasteiger partial charge in [0.2, 0.25) is 0 Å². The van der Waals surface area contributed by atoms with Crippen molar-refractivity contribution in [3.05, 3.63) is 35.4 Å². The zero-order chi connectivity index (χ0) is 10.4. The first-order chi connectivity index (χ1) is 6.77. The first-order valence-electron chi connectivity index (χ1n) is 4.28. The highest BCUT2D eigenvalue weighted by atomic mass is 35.5. The van der Waals surface area contributed by atoms with Crippen LogP contribution in [0.3, 0.4) is 0 Å². The Morgan fingerprint density at radius 2 is 2.27 bits per heavy atom. The predicted molar refractivity (Wildman–Crippen MR) is 62.7 cm³/mol. The Balaban J connectivity index is 0.00000196. The van der Waals surface area contributed by atoms with Crippen LogP contribution in [0.15, 0.2) is 24.3 Å². The number of rotatable bonds is 3. The Labute approximate surface area is 95.5 Å². The highest BCUT2D eigenvalue weighted by molar-refractivity contribution is 5.94. The lowest BCUT2D eigenvalue weighted by Gasteiger charge is -2.03. The second-order valence-electron chi connectivity index (χ2n) is 2.79. The van der Waals surface area contributed by atoms with Crippen LogP contribution in [-0.4, -0.2) is 12.5 Å². The largest absolute Gasteiger partial charge is 0.341 e. The third-order valence-electron chi connectivity index (χ3n) is 1.78. The summed E-state index contributed by atoms with van der Waals surface area (Å²) in [6.07, 6.45) is 5.03. The van der Waals surface area contributed by atoms with E-state index in [1.54, 1.807) is 18.2 Å². The molecule has 0 fully saturated rings. The van der Waals surface area contributed by atoms with Crippen LogP contribution in [0.5, 0.6) is 0 Å². The number of nitrogens with two attached hydrogens (primary N) is 1. The number of hydrogen-bond acceptors (Lipinski definition) is 2. The van der Waals surface area contributed by atoms with Gasteiger partial charge in [0.15, 0.2) is 0 Å². The fourth-order valence-electron chi connectivity index (χ4n) is 1.07. The van der Waals surface area contributed by atoms with E-state index in [0.717, 1.165) is 5.56 Å². The van der Waals surface area contributed by atoms with Gasteiger partial charge in [-0.05, 0) is 17.7 Å². The summed E-state index contributed by atoms with van der Waals surface area (Å²) in [6, 6.07) is 7.15. The molecule has 0 aromatic heterocycles. The number of carbonyl (C=O) groups is 1. The van der Waals surface area contributed by atoms with E-state index in [-0.39, 0.29) is 24.9 Å². The molecule has 0 bridgehead atoms. The van der Waals surface area contributed by atoms with E-state index in [1.165, 1.54) is 0 Å². The molecule has 15 heavy (non-hydrogen) atoms. The lowest BCUT2D eigenvalue weighted by molar-refractivity contribution is 0.0958. The van der Waals surface area contributed by atoms with Crippen LogP contribution < -0.4 is 11.1 Å². The van der Waals surface area contributed by atoms with Crippen molar-refractivity contribution in [2.45, 2.75) is 6.54 Å². The minimum atomic E-state index is -0.168. The highest BCUT2D eigenvalue weighted by Gasteiger charge is 2.03. The molecule has 0 saturated carbocycles. The van der Waals surface area contributed by atoms with Gasteiger partial charge >= 0.3 is 0 Å². The van der Waals surface area contributed by atoms with Crippen molar-refractivity contribution < 1.29 is 4.79 Å². The first kappa shape index (κ1) is 13.5. The van der Waals surface area contributed by atoms with Gasteiger partial charge < -0.3 is 11.1 Å². The third kappa shape index (κ3) is 4.03. The predicted octanol–water partition coefficient (Wildman–Crippen LogP) is 0.930. The Morgan fingerprint density at radius 1 is 1.53 bits per heavy atom. The summed E-state index contributed by atoms with van der Waals surface area (Å²) in [5, 5.41) is 2.58. The average molecular weight is 225 g/mol. The number of benzene rings is 1. The zero-order valence-corrected chi connectivity index (χ0v) is 9.01. The molecular weight excluding hydrogens is 212 g/mol. The molecule has 0 heterocycles. The van der Waals surface area contributed by atoms with E-state index in [2.05, 4.69) is 11.2 Å². The fraction of sp³-hybridized carbons (Fsp3) is 0.182. The molecule has 0 radical (unpaired) electrons. The van der Waals surface area contributed by atoms with Crippen LogP contribution in [0.1, 0.15) is 15.9 Å². The lowest BCUT2D eigenvalue weighted by Crippen LogP contribution is -2.23. The number of terminal acetylenes is 1. The van der Waals surface area contributed by atoms with Crippen molar-refractivity contribution in [3.63, 3.8) is 0 Å². The minimum absolute atomic E-state index is 0. The number of halogens is 1. The monoisotopic (exact) mass is 224 g/mol. The Kier molecular flexibility index (Phi) is 6.19. The molecule has 4 heteroatoms. The maximum atomic E-state index is 11.4. The van der Waals surface area contributed by atoms with E-state index in [1.807, 2.05) is 6.07 Å². The van der Waals surface area contributed by atoms with Gasteiger partial charge in [0.05, 0.1) is 6.54 Å². The third-order valence-corrected chi connectivity index (χ3v) is 1.78. The van der Waals surface area contributed by atoms with Crippen molar-refractivity contribution in [3.8, 4) is 12.3 Å². The van der Waals surface area contributed by atoms with Crippen molar-refractivity contribution in [1.82, 2.24) is 5.32 Å². The van der Waals surface area contributed by atoms with Crippen molar-refractivity contribution in [1.29, 1.82) is 0 Å². The molecule has 0 unspecified atom stereocenters. The second kappa shape index (κ2) is 6.88. The maximum Gasteiger partial charge on any atom is 0.252 e. The van der Waals surface area contributed by atoms with Crippen LogP contribution in [-0.2, 0) is 6.54 Å². The molecule has 0 atom stereocenters. The molecule has 1 aromatic carbocycles. The first-order valence-corrected chi connectivity index (χ1v) is 4.28. The minimum Gasteiger partial charge on any atom is -0.341 e. The summed E-state index contributed by atoms with van der Waals surface area (Å²) >= 11 is 0. The number of nitrogens with one attached hydrogen (secondary N) is 1. The van der Waals surface area contributed by atoms with E-state index >= 15 is 0 Å². The van der Waals surface area contributed by atoms with Crippen molar-refractivity contribution >= 4 is 18.3 Å². The number of hydrogen-bond donors (Lipinski definition) is 2. The normalized spacial score (nSPS) is 8.53. The molecule has 80 valence electrons. The molecule has 1 amide bonds. The van der Waals surface area contributed by atoms with Crippen LogP contribution in [0, 0.1) is 12.3 Å². The summed E-state index contributed by atoms with van der Waals surface area (Å²) < 4.78 is 0. The molecule has 0 aliphatic rings. The van der Waals surface area contributed by atoms with E-state index in [9.17, 15) is 4.79 Å². The molecular formula is C11H13ClN2O. The summed E-state index contributed by atoms with van der Waals surface area (Å²) in [4.78, 5) is 11.4. The number of amides is 1. The van der Waals surface area contributed by atoms with E-state index < -0.39 is 0 Å². The fourth-order valence-corrected chi connectivity index (χ4v) is 1.07. The highest BCUT2D eigenvalue weighted by Crippen LogP contribution is 2.03. The van der Waals surface area contributed by atoms with Gasteiger partial charge in [-0.3, -0.25) is 4.79 Å². The van der Waals surface area contributed by atoms with Gasteiger partial charge in [-0.2, -0.15) is 0 Å². The average Bonchev–Trinajstić information content (AvgIpc) is 2.26. The molecule has 0 saturated heterocycles. The van der Waals surface area contributed by atoms with Gasteiger partial charge in [-0.25, -0.2) is 0 Å². The Bertz CT molecular complexity index is 371. The van der Waals surface area contributed by atoms with Gasteiger partial charge in [0, 0.05) is 12.1 Å². The standard InChI is InChI=1S/C11H12N2O.ClH/c1-2-6-13-11(14)10-5-3-4-9(7-10)8-12;/h1,3-5,7H,6,8,12H2,(H,13,14);1H. The summed E-state index contributed by atoms with van der Waals surface area (Å²) in [7, 11) is 0. The van der Waals surface area contributed by atoms with E-state index in [0.29, 0.717) is 12.1 Å². The number of carbonyl (C=O) groups excluding carboxylic acids is 1. The Hall–Kier alpha value is -1.50. The summed E-state index contributed by atoms with van der Waals surface area (Å²) in [5.74, 6) is 2.17. The molecule has 3 nitrogen and oxygen atoms in total. The van der Waals surface area contributed by atoms with Crippen molar-refractivity contribution in [2.24, 2.45) is 5.73 Å². The van der Waals surface area contributed by atoms with Crippen LogP contribution in [0.4, 0.5) is 0 Å². The SMILES string of the molecule is C#CCNC(=O)c1cccc(CN)c1.Cl. The summed E-state index contributed by atoms with van der Waals surface area (Å²) in [6.45, 7) is 0.669. The molecule has 0 aliphatic carbocycles. The van der Waals surface area contributed by atoms with Gasteiger partial charge in [0.25, 0.3) is 5.91 Å². The van der Waals surface area contributed by atoms with Gasteiger partial charge in [0.1, 0.15) is 0 Å². The smallest absolute Gasteiger partial charge is 0.252 e. The topological polar surface area (TPSA) is 55.1 Å². The van der Waals surface area contributed by atoms with Gasteiger partial charge in [-0.15, -0.1) is 18.8 Å². The zero-order valence-electron chi connectivity index (χ0n) is 8.19.